The zero-order valence-corrected chi connectivity index (χ0v) is 20.9. The number of halogens is 1. The molecule has 0 bridgehead atoms. The van der Waals surface area contributed by atoms with Crippen LogP contribution in [0.3, 0.4) is 0 Å². The molecule has 0 aromatic rings. The molecule has 0 spiro atoms. The zero-order chi connectivity index (χ0) is 24.0. The van der Waals surface area contributed by atoms with E-state index in [-0.39, 0.29) is 6.04 Å². The highest BCUT2D eigenvalue weighted by atomic mass is 35.5. The number of aldehydes is 1. The van der Waals surface area contributed by atoms with Gasteiger partial charge >= 0.3 is 0 Å². The number of thioether (sulfide) groups is 1. The van der Waals surface area contributed by atoms with Gasteiger partial charge in [0, 0.05) is 11.4 Å². The van der Waals surface area contributed by atoms with Gasteiger partial charge in [0.15, 0.2) is 0 Å². The molecular weight excluding hydrogens is 442 g/mol. The molecule has 8 nitrogen and oxygen atoms in total. The minimum atomic E-state index is -1.27. The van der Waals surface area contributed by atoms with Gasteiger partial charge in [0.25, 0.3) is 0 Å². The number of carbonyl (C=O) groups is 1. The lowest BCUT2D eigenvalue weighted by Gasteiger charge is -2.42. The predicted octanol–water partition coefficient (Wildman–Crippen LogP) is 0.820. The molecule has 2 rings (SSSR count). The normalized spacial score (nSPS) is 35.4. The molecule has 31 heavy (non-hydrogen) atoms. The molecule has 9 unspecified atom stereocenters. The minimum Gasteiger partial charge on any atom is -0.388 e. The van der Waals surface area contributed by atoms with Crippen molar-refractivity contribution < 1.29 is 24.9 Å². The Kier molecular flexibility index (Phi) is 17.5. The van der Waals surface area contributed by atoms with Crippen molar-refractivity contribution in [1.29, 1.82) is 0 Å². The molecule has 186 valence electrons. The van der Waals surface area contributed by atoms with Crippen molar-refractivity contribution in [2.75, 3.05) is 19.3 Å². The van der Waals surface area contributed by atoms with Gasteiger partial charge in [-0.05, 0) is 64.3 Å². The molecule has 2 saturated heterocycles. The lowest BCUT2D eigenvalue weighted by molar-refractivity contribution is -0.202. The number of hydrogen-bond acceptors (Lipinski definition) is 9. The largest absolute Gasteiger partial charge is 0.388 e. The summed E-state index contributed by atoms with van der Waals surface area (Å²) in [6, 6.07) is -0.503. The lowest BCUT2D eigenvalue weighted by atomic mass is 9.94. The molecule has 0 saturated carbocycles. The van der Waals surface area contributed by atoms with Crippen LogP contribution in [0.4, 0.5) is 0 Å². The molecule has 9 atom stereocenters. The van der Waals surface area contributed by atoms with Crippen molar-refractivity contribution in [2.24, 2.45) is 17.4 Å². The Bertz CT molecular complexity index is 465. The third-order valence-corrected chi connectivity index (χ3v) is 6.72. The maximum atomic E-state index is 10.6. The summed E-state index contributed by atoms with van der Waals surface area (Å²) in [5.41, 5.74) is 10.6. The number of nitrogens with two attached hydrogens (primary N) is 2. The fourth-order valence-corrected chi connectivity index (χ4v) is 4.42. The Morgan fingerprint density at radius 2 is 1.84 bits per heavy atom. The molecule has 2 fully saturated rings. The smallest absolute Gasteiger partial charge is 0.136 e. The monoisotopic (exact) mass is 485 g/mol. The lowest BCUT2D eigenvalue weighted by Crippen LogP contribution is -2.62. The molecule has 2 aliphatic rings. The molecule has 0 aromatic heterocycles. The topological polar surface area (TPSA) is 151 Å². The number of aliphatic hydroxyl groups excluding tert-OH is 3. The van der Waals surface area contributed by atoms with Gasteiger partial charge in [-0.25, -0.2) is 0 Å². The molecular formula is C21H44ClN3O5S. The highest BCUT2D eigenvalue weighted by Gasteiger charge is 2.46. The predicted molar refractivity (Wildman–Crippen MR) is 128 cm³/mol. The number of hydrogen-bond donors (Lipinski definition) is 6. The Morgan fingerprint density at radius 3 is 2.35 bits per heavy atom. The highest BCUT2D eigenvalue weighted by molar-refractivity contribution is 7.99. The maximum Gasteiger partial charge on any atom is 0.136 e. The fraction of sp³-hybridized carbons (Fsp3) is 0.952. The van der Waals surface area contributed by atoms with Crippen molar-refractivity contribution in [3.8, 4) is 0 Å². The van der Waals surface area contributed by atoms with Crippen LogP contribution >= 0.6 is 23.4 Å². The minimum absolute atomic E-state index is 0.0999. The average Bonchev–Trinajstić information content (AvgIpc) is 3.02. The second kappa shape index (κ2) is 17.5. The van der Waals surface area contributed by atoms with Crippen molar-refractivity contribution in [3.05, 3.63) is 0 Å². The first-order valence-corrected chi connectivity index (χ1v) is 13.0. The average molecular weight is 486 g/mol. The van der Waals surface area contributed by atoms with Crippen molar-refractivity contribution in [3.63, 3.8) is 0 Å². The summed E-state index contributed by atoms with van der Waals surface area (Å²) in [5.74, 6) is 0.779. The van der Waals surface area contributed by atoms with Crippen LogP contribution in [0.25, 0.3) is 0 Å². The van der Waals surface area contributed by atoms with E-state index in [0.717, 1.165) is 38.1 Å². The van der Waals surface area contributed by atoms with Gasteiger partial charge in [-0.3, -0.25) is 0 Å². The van der Waals surface area contributed by atoms with Gasteiger partial charge in [-0.1, -0.05) is 13.8 Å². The van der Waals surface area contributed by atoms with Crippen LogP contribution in [-0.2, 0) is 9.53 Å². The summed E-state index contributed by atoms with van der Waals surface area (Å²) in [6.07, 6.45) is 4.10. The first-order chi connectivity index (χ1) is 14.8. The number of rotatable bonds is 7. The Labute approximate surface area is 196 Å². The number of carbonyl (C=O) groups excluding carboxylic acids is 1. The van der Waals surface area contributed by atoms with Crippen LogP contribution in [0, 0.1) is 5.92 Å². The van der Waals surface area contributed by atoms with E-state index in [2.05, 4.69) is 5.32 Å². The van der Waals surface area contributed by atoms with Gasteiger partial charge in [-0.2, -0.15) is 0 Å². The van der Waals surface area contributed by atoms with Crippen LogP contribution in [0.2, 0.25) is 0 Å². The second-order valence-electron chi connectivity index (χ2n) is 7.79. The van der Waals surface area contributed by atoms with Gasteiger partial charge < -0.3 is 41.6 Å². The molecule has 2 aliphatic heterocycles. The van der Waals surface area contributed by atoms with E-state index >= 15 is 0 Å². The molecule has 2 heterocycles. The maximum absolute atomic E-state index is 10.6. The van der Waals surface area contributed by atoms with E-state index < -0.39 is 41.3 Å². The summed E-state index contributed by atoms with van der Waals surface area (Å²) >= 11 is 7.09. The van der Waals surface area contributed by atoms with E-state index in [1.165, 1.54) is 31.0 Å². The Hall–Kier alpha value is 0.0300. The number of ether oxygens (including phenoxy) is 1. The van der Waals surface area contributed by atoms with E-state index in [0.29, 0.717) is 0 Å². The Balaban J connectivity index is 0.000000547. The highest BCUT2D eigenvalue weighted by Crippen LogP contribution is 2.29. The van der Waals surface area contributed by atoms with Gasteiger partial charge in [0.1, 0.15) is 36.1 Å². The first-order valence-electron chi connectivity index (χ1n) is 11.3. The molecule has 8 N–H and O–H groups in total. The summed E-state index contributed by atoms with van der Waals surface area (Å²) in [4.78, 5) is 10.6. The van der Waals surface area contributed by atoms with E-state index in [1.54, 1.807) is 13.2 Å². The second-order valence-corrected chi connectivity index (χ2v) is 9.42. The quantitative estimate of drug-likeness (QED) is 0.227. The number of alkyl halides is 1. The van der Waals surface area contributed by atoms with Crippen LogP contribution in [-0.4, -0.2) is 88.3 Å². The van der Waals surface area contributed by atoms with Gasteiger partial charge in [0.2, 0.25) is 0 Å². The molecule has 0 amide bonds. The number of nitrogens with one attached hydrogen (secondary N) is 1. The summed E-state index contributed by atoms with van der Waals surface area (Å²) in [7, 11) is 0. The first kappa shape index (κ1) is 31.0. The van der Waals surface area contributed by atoms with Crippen molar-refractivity contribution in [2.45, 2.75) is 100 Å². The molecule has 0 aliphatic carbocycles. The van der Waals surface area contributed by atoms with Crippen molar-refractivity contribution >= 4 is 29.6 Å². The molecule has 10 heteroatoms. The summed E-state index contributed by atoms with van der Waals surface area (Å²) < 4.78 is 5.45. The van der Waals surface area contributed by atoms with Crippen LogP contribution < -0.4 is 16.8 Å². The van der Waals surface area contributed by atoms with Gasteiger partial charge in [-0.15, -0.1) is 23.4 Å². The Morgan fingerprint density at radius 1 is 1.19 bits per heavy atom. The van der Waals surface area contributed by atoms with E-state index in [1.807, 2.05) is 13.8 Å². The fourth-order valence-electron chi connectivity index (χ4n) is 3.59. The van der Waals surface area contributed by atoms with Crippen molar-refractivity contribution in [1.82, 2.24) is 5.32 Å². The molecule has 0 aromatic carbocycles. The third kappa shape index (κ3) is 10.7. The summed E-state index contributed by atoms with van der Waals surface area (Å²) in [6.45, 7) is 7.47. The van der Waals surface area contributed by atoms with Crippen LogP contribution in [0.1, 0.15) is 52.9 Å². The number of aliphatic hydroxyl groups is 3. The van der Waals surface area contributed by atoms with Crippen LogP contribution in [0.15, 0.2) is 0 Å². The van der Waals surface area contributed by atoms with Crippen LogP contribution in [0.5, 0.6) is 0 Å². The van der Waals surface area contributed by atoms with E-state index in [4.69, 9.17) is 27.8 Å². The zero-order valence-electron chi connectivity index (χ0n) is 19.3. The van der Waals surface area contributed by atoms with E-state index in [9.17, 15) is 20.1 Å². The summed E-state index contributed by atoms with van der Waals surface area (Å²) in [5, 5.41) is 31.9. The SMILES string of the molecule is CC.CSC1OC(C(N)C(C)Cl)C(O)C(O)C1O.NCCCC1CCNC(C=O)CC1. The molecule has 0 radical (unpaired) electrons. The van der Waals surface area contributed by atoms with Gasteiger partial charge in [0.05, 0.1) is 6.04 Å². The standard InChI is InChI=1S/C10H20N2O.C9H18ClNO4S.C2H6/c11-6-1-2-9-3-4-10(8-13)12-7-5-9;1-3(10)4(11)8-6(13)5(12)7(14)9(15-8)16-2;1-2/h8-10,12H,1-7,11H2;3-9,12-14H,11H2,1-2H3;1-2H3. The third-order valence-electron chi connectivity index (χ3n) is 5.57.